The van der Waals surface area contributed by atoms with Crippen molar-refractivity contribution in [2.45, 2.75) is 51.5 Å². The molecule has 3 aromatic rings. The van der Waals surface area contributed by atoms with Crippen molar-refractivity contribution in [2.75, 3.05) is 11.4 Å². The monoisotopic (exact) mass is 407 g/mol. The molecular weight excluding hydrogens is 382 g/mol. The summed E-state index contributed by atoms with van der Waals surface area (Å²) in [5.41, 5.74) is 8.00. The molecule has 0 aromatic carbocycles. The van der Waals surface area contributed by atoms with Gasteiger partial charge in [0.15, 0.2) is 5.82 Å². The van der Waals surface area contributed by atoms with E-state index in [1.165, 1.54) is 28.7 Å². The number of anilines is 1. The van der Waals surface area contributed by atoms with E-state index in [1.807, 2.05) is 18.3 Å². The normalized spacial score (nSPS) is 21.9. The first-order valence-corrected chi connectivity index (χ1v) is 11.2. The third-order valence-electron chi connectivity index (χ3n) is 6.27. The molecule has 0 unspecified atom stereocenters. The van der Waals surface area contributed by atoms with Crippen LogP contribution in [0.25, 0.3) is 21.6 Å². The Bertz CT molecular complexity index is 1060. The Balaban J connectivity index is 1.71. The summed E-state index contributed by atoms with van der Waals surface area (Å²) in [6.07, 6.45) is 10.0. The summed E-state index contributed by atoms with van der Waals surface area (Å²) < 4.78 is 0. The van der Waals surface area contributed by atoms with Crippen LogP contribution in [0, 0.1) is 5.92 Å². The number of primary amides is 1. The van der Waals surface area contributed by atoms with Crippen LogP contribution >= 0.6 is 11.3 Å². The molecule has 7 heteroatoms. The highest BCUT2D eigenvalue weighted by atomic mass is 32.1. The number of thiophene rings is 1. The fourth-order valence-corrected chi connectivity index (χ4v) is 5.86. The minimum absolute atomic E-state index is 0.132. The second-order valence-corrected chi connectivity index (χ2v) is 9.27. The SMILES string of the molecule is C[C@H]1CC[C@@H](C(N)=O)CN1c1nc(-c2cccnc2)nc2sc3c(c12)CCCC3. The number of carbonyl (C=O) groups excluding carboxylic acids is 1. The van der Waals surface area contributed by atoms with Gasteiger partial charge in [0.2, 0.25) is 5.91 Å². The number of hydrogen-bond acceptors (Lipinski definition) is 6. The van der Waals surface area contributed by atoms with Crippen molar-refractivity contribution in [3.8, 4) is 11.4 Å². The van der Waals surface area contributed by atoms with Gasteiger partial charge in [0.05, 0.1) is 11.3 Å². The van der Waals surface area contributed by atoms with Gasteiger partial charge in [0, 0.05) is 35.4 Å². The molecule has 2 aliphatic rings. The molecule has 1 saturated heterocycles. The van der Waals surface area contributed by atoms with Crippen molar-refractivity contribution in [1.82, 2.24) is 15.0 Å². The molecule has 0 saturated carbocycles. The lowest BCUT2D eigenvalue weighted by atomic mass is 9.92. The quantitative estimate of drug-likeness (QED) is 0.715. The fourth-order valence-electron chi connectivity index (χ4n) is 4.60. The molecule has 3 aromatic heterocycles. The zero-order chi connectivity index (χ0) is 20.0. The number of aromatic nitrogens is 3. The lowest BCUT2D eigenvalue weighted by molar-refractivity contribution is -0.122. The Morgan fingerprint density at radius 3 is 2.90 bits per heavy atom. The van der Waals surface area contributed by atoms with Gasteiger partial charge in [-0.05, 0) is 63.1 Å². The van der Waals surface area contributed by atoms with Gasteiger partial charge in [0.1, 0.15) is 10.6 Å². The number of carbonyl (C=O) groups is 1. The van der Waals surface area contributed by atoms with Crippen LogP contribution in [0.2, 0.25) is 0 Å². The molecule has 1 aliphatic heterocycles. The van der Waals surface area contributed by atoms with E-state index in [0.717, 1.165) is 41.9 Å². The summed E-state index contributed by atoms with van der Waals surface area (Å²) in [7, 11) is 0. The van der Waals surface area contributed by atoms with Gasteiger partial charge in [-0.15, -0.1) is 11.3 Å². The Morgan fingerprint density at radius 2 is 2.10 bits per heavy atom. The lowest BCUT2D eigenvalue weighted by Gasteiger charge is -2.38. The summed E-state index contributed by atoms with van der Waals surface area (Å²) in [6, 6.07) is 4.22. The van der Waals surface area contributed by atoms with E-state index in [9.17, 15) is 4.79 Å². The van der Waals surface area contributed by atoms with Crippen molar-refractivity contribution in [1.29, 1.82) is 0 Å². The number of fused-ring (bicyclic) bond motifs is 3. The number of nitrogens with zero attached hydrogens (tertiary/aromatic N) is 4. The van der Waals surface area contributed by atoms with Gasteiger partial charge in [-0.3, -0.25) is 9.78 Å². The Kier molecular flexibility index (Phi) is 4.70. The summed E-state index contributed by atoms with van der Waals surface area (Å²) in [5.74, 6) is 1.32. The molecule has 2 N–H and O–H groups in total. The summed E-state index contributed by atoms with van der Waals surface area (Å²) in [5, 5.41) is 1.19. The van der Waals surface area contributed by atoms with E-state index in [1.54, 1.807) is 17.5 Å². The van der Waals surface area contributed by atoms with Crippen LogP contribution < -0.4 is 10.6 Å². The molecule has 1 fully saturated rings. The molecule has 6 nitrogen and oxygen atoms in total. The maximum atomic E-state index is 11.9. The van der Waals surface area contributed by atoms with Gasteiger partial charge in [-0.2, -0.15) is 0 Å². The average Bonchev–Trinajstić information content (AvgIpc) is 3.12. The van der Waals surface area contributed by atoms with Crippen molar-refractivity contribution >= 4 is 33.3 Å². The van der Waals surface area contributed by atoms with Crippen LogP contribution in [0.1, 0.15) is 43.0 Å². The van der Waals surface area contributed by atoms with Gasteiger partial charge >= 0.3 is 0 Å². The molecule has 1 amide bonds. The average molecular weight is 408 g/mol. The number of pyridine rings is 1. The van der Waals surface area contributed by atoms with Gasteiger partial charge in [0.25, 0.3) is 0 Å². The van der Waals surface area contributed by atoms with E-state index in [-0.39, 0.29) is 11.8 Å². The fraction of sp³-hybridized carbons (Fsp3) is 0.455. The van der Waals surface area contributed by atoms with Crippen LogP contribution in [0.4, 0.5) is 5.82 Å². The number of piperidine rings is 1. The Labute approximate surface area is 174 Å². The van der Waals surface area contributed by atoms with E-state index in [4.69, 9.17) is 15.7 Å². The number of hydrogen-bond donors (Lipinski definition) is 1. The number of rotatable bonds is 3. The van der Waals surface area contributed by atoms with Crippen LogP contribution in [0.3, 0.4) is 0 Å². The summed E-state index contributed by atoms with van der Waals surface area (Å²) >= 11 is 1.81. The molecule has 0 bridgehead atoms. The molecule has 150 valence electrons. The molecule has 4 heterocycles. The molecule has 2 atom stereocenters. The molecular formula is C22H25N5OS. The van der Waals surface area contributed by atoms with Crippen molar-refractivity contribution < 1.29 is 4.79 Å². The highest BCUT2D eigenvalue weighted by Gasteiger charge is 2.32. The van der Waals surface area contributed by atoms with Crippen LogP contribution in [-0.4, -0.2) is 33.4 Å². The third-order valence-corrected chi connectivity index (χ3v) is 7.46. The molecule has 1 aliphatic carbocycles. The second-order valence-electron chi connectivity index (χ2n) is 8.18. The topological polar surface area (TPSA) is 85.0 Å². The second kappa shape index (κ2) is 7.37. The summed E-state index contributed by atoms with van der Waals surface area (Å²) in [4.78, 5) is 31.0. The number of aryl methyl sites for hydroxylation is 2. The van der Waals surface area contributed by atoms with E-state index < -0.39 is 0 Å². The molecule has 0 radical (unpaired) electrons. The van der Waals surface area contributed by atoms with Gasteiger partial charge in [-0.25, -0.2) is 9.97 Å². The maximum Gasteiger partial charge on any atom is 0.222 e. The Morgan fingerprint density at radius 1 is 1.24 bits per heavy atom. The van der Waals surface area contributed by atoms with Crippen molar-refractivity contribution in [2.24, 2.45) is 11.7 Å². The zero-order valence-corrected chi connectivity index (χ0v) is 17.4. The van der Waals surface area contributed by atoms with Gasteiger partial charge in [-0.1, -0.05) is 0 Å². The smallest absolute Gasteiger partial charge is 0.222 e. The summed E-state index contributed by atoms with van der Waals surface area (Å²) in [6.45, 7) is 2.84. The maximum absolute atomic E-state index is 11.9. The third kappa shape index (κ3) is 3.27. The largest absolute Gasteiger partial charge is 0.369 e. The zero-order valence-electron chi connectivity index (χ0n) is 16.6. The first kappa shape index (κ1) is 18.5. The highest BCUT2D eigenvalue weighted by Crippen LogP contribution is 2.42. The van der Waals surface area contributed by atoms with Crippen LogP contribution in [-0.2, 0) is 17.6 Å². The molecule has 0 spiro atoms. The van der Waals surface area contributed by atoms with Crippen molar-refractivity contribution in [3.05, 3.63) is 35.0 Å². The number of nitrogens with two attached hydrogens (primary N) is 1. The predicted molar refractivity (Wildman–Crippen MR) is 116 cm³/mol. The standard InChI is InChI=1S/C22H25N5OS/c1-13-8-9-15(19(23)28)12-27(13)21-18-16-6-2-3-7-17(16)29-22(18)26-20(25-21)14-5-4-10-24-11-14/h4-5,10-11,13,15H,2-3,6-9,12H2,1H3,(H2,23,28)/t13-,15+/m0/s1. The van der Waals surface area contributed by atoms with Crippen molar-refractivity contribution in [3.63, 3.8) is 0 Å². The van der Waals surface area contributed by atoms with Crippen LogP contribution in [0.15, 0.2) is 24.5 Å². The van der Waals surface area contributed by atoms with E-state index >= 15 is 0 Å². The Hall–Kier alpha value is -2.54. The van der Waals surface area contributed by atoms with E-state index in [0.29, 0.717) is 18.4 Å². The first-order valence-electron chi connectivity index (χ1n) is 10.4. The minimum Gasteiger partial charge on any atom is -0.369 e. The van der Waals surface area contributed by atoms with E-state index in [2.05, 4.69) is 16.8 Å². The predicted octanol–water partition coefficient (Wildman–Crippen LogP) is 3.72. The molecule has 5 rings (SSSR count). The van der Waals surface area contributed by atoms with Gasteiger partial charge < -0.3 is 10.6 Å². The lowest BCUT2D eigenvalue weighted by Crippen LogP contribution is -2.46. The highest BCUT2D eigenvalue weighted by molar-refractivity contribution is 7.19. The molecule has 29 heavy (non-hydrogen) atoms. The van der Waals surface area contributed by atoms with Crippen LogP contribution in [0.5, 0.6) is 0 Å². The minimum atomic E-state index is -0.216. The number of amides is 1. The first-order chi connectivity index (χ1) is 14.1.